The number of aryl methyl sites for hydroxylation is 1. The molecule has 2 aromatic carbocycles. The molecule has 0 spiro atoms. The van der Waals surface area contributed by atoms with Gasteiger partial charge >= 0.3 is 5.97 Å². The van der Waals surface area contributed by atoms with Crippen molar-refractivity contribution >= 4 is 22.6 Å². The van der Waals surface area contributed by atoms with Crippen LogP contribution in [0.15, 0.2) is 59.4 Å². The Kier molecular flexibility index (Phi) is 6.07. The van der Waals surface area contributed by atoms with E-state index in [9.17, 15) is 14.4 Å². The highest BCUT2D eigenvalue weighted by Crippen LogP contribution is 2.15. The van der Waals surface area contributed by atoms with Crippen molar-refractivity contribution < 1.29 is 14.3 Å². The fraction of sp³-hybridized carbons (Fsp3) is 0.273. The summed E-state index contributed by atoms with van der Waals surface area (Å²) >= 11 is 0. The first kappa shape index (κ1) is 20.3. The third-order valence-electron chi connectivity index (χ3n) is 4.75. The summed E-state index contributed by atoms with van der Waals surface area (Å²) in [6, 6.07) is 16.5. The monoisotopic (exact) mass is 393 g/mol. The molecule has 0 aliphatic rings. The maximum absolute atomic E-state index is 12.6. The van der Waals surface area contributed by atoms with Gasteiger partial charge in [0.2, 0.25) is 0 Å². The Morgan fingerprint density at radius 1 is 1.03 bits per heavy atom. The fourth-order valence-corrected chi connectivity index (χ4v) is 3.02. The highest BCUT2D eigenvalue weighted by molar-refractivity contribution is 6.02. The molecular weight excluding hydrogens is 370 g/mol. The van der Waals surface area contributed by atoms with Gasteiger partial charge in [0, 0.05) is 19.0 Å². The first-order chi connectivity index (χ1) is 13.9. The molecule has 150 valence electrons. The van der Waals surface area contributed by atoms with Gasteiger partial charge in [0.25, 0.3) is 11.5 Å². The molecule has 1 amide bonds. The molecule has 3 rings (SSSR count). The van der Waals surface area contributed by atoms with Crippen LogP contribution in [0.5, 0.6) is 0 Å². The number of nitrogens with one attached hydrogen (secondary N) is 1. The standard InChI is InChI=1S/C22H23N3O4/c1-14(16-9-5-4-6-10-16)13-23-20(26)15(2)29-22(28)19-17-11-7-8-12-18(17)21(27)25(3)24-19/h4-12,14-15H,13H2,1-3H3,(H,23,26)/t14-,15-/m1/s1. The number of ether oxygens (including phenoxy) is 1. The molecule has 7 nitrogen and oxygen atoms in total. The van der Waals surface area contributed by atoms with E-state index in [4.69, 9.17) is 4.74 Å². The summed E-state index contributed by atoms with van der Waals surface area (Å²) in [5.74, 6) is -1.02. The van der Waals surface area contributed by atoms with Crippen molar-refractivity contribution in [3.05, 3.63) is 76.2 Å². The number of amides is 1. The Morgan fingerprint density at radius 3 is 2.34 bits per heavy atom. The van der Waals surface area contributed by atoms with Gasteiger partial charge in [0.1, 0.15) is 0 Å². The van der Waals surface area contributed by atoms with E-state index in [1.54, 1.807) is 24.3 Å². The number of carbonyl (C=O) groups is 2. The summed E-state index contributed by atoms with van der Waals surface area (Å²) in [6.07, 6.45) is -0.997. The lowest BCUT2D eigenvalue weighted by Gasteiger charge is -2.17. The Balaban J connectivity index is 1.68. The van der Waals surface area contributed by atoms with Crippen molar-refractivity contribution in [2.75, 3.05) is 6.54 Å². The van der Waals surface area contributed by atoms with Crippen LogP contribution in [0.25, 0.3) is 10.8 Å². The third-order valence-corrected chi connectivity index (χ3v) is 4.75. The molecule has 0 aliphatic heterocycles. The average molecular weight is 393 g/mol. The van der Waals surface area contributed by atoms with E-state index in [2.05, 4.69) is 10.4 Å². The predicted octanol–water partition coefficient (Wildman–Crippen LogP) is 2.40. The van der Waals surface area contributed by atoms with Crippen molar-refractivity contribution in [3.8, 4) is 0 Å². The second kappa shape index (κ2) is 8.68. The van der Waals surface area contributed by atoms with E-state index >= 15 is 0 Å². The topological polar surface area (TPSA) is 90.3 Å². The Morgan fingerprint density at radius 2 is 1.66 bits per heavy atom. The minimum Gasteiger partial charge on any atom is -0.448 e. The van der Waals surface area contributed by atoms with Crippen molar-refractivity contribution in [2.24, 2.45) is 7.05 Å². The van der Waals surface area contributed by atoms with Gasteiger partial charge in [-0.15, -0.1) is 0 Å². The molecule has 0 aliphatic carbocycles. The van der Waals surface area contributed by atoms with Crippen LogP contribution in [0.4, 0.5) is 0 Å². The molecule has 0 unspecified atom stereocenters. The van der Waals surface area contributed by atoms with Crippen LogP contribution in [0.2, 0.25) is 0 Å². The van der Waals surface area contributed by atoms with E-state index in [0.717, 1.165) is 10.2 Å². The van der Waals surface area contributed by atoms with E-state index in [-0.39, 0.29) is 17.2 Å². The Labute approximate surface area is 168 Å². The van der Waals surface area contributed by atoms with Crippen LogP contribution in [0, 0.1) is 0 Å². The van der Waals surface area contributed by atoms with Crippen LogP contribution < -0.4 is 10.9 Å². The van der Waals surface area contributed by atoms with Gasteiger partial charge in [-0.3, -0.25) is 9.59 Å². The van der Waals surface area contributed by atoms with Crippen LogP contribution >= 0.6 is 0 Å². The third kappa shape index (κ3) is 4.51. The van der Waals surface area contributed by atoms with E-state index < -0.39 is 18.0 Å². The summed E-state index contributed by atoms with van der Waals surface area (Å²) < 4.78 is 6.40. The van der Waals surface area contributed by atoms with Gasteiger partial charge in [0.05, 0.1) is 5.39 Å². The van der Waals surface area contributed by atoms with Gasteiger partial charge in [-0.1, -0.05) is 55.5 Å². The molecule has 0 bridgehead atoms. The Bertz CT molecular complexity index is 1090. The lowest BCUT2D eigenvalue weighted by molar-refractivity contribution is -0.129. The molecule has 0 saturated heterocycles. The summed E-state index contributed by atoms with van der Waals surface area (Å²) in [5, 5.41) is 7.59. The minimum absolute atomic E-state index is 0.00000334. The molecule has 1 aromatic heterocycles. The van der Waals surface area contributed by atoms with Gasteiger partial charge in [-0.25, -0.2) is 9.48 Å². The second-order valence-corrected chi connectivity index (χ2v) is 6.93. The fourth-order valence-electron chi connectivity index (χ4n) is 3.02. The smallest absolute Gasteiger partial charge is 0.360 e. The van der Waals surface area contributed by atoms with Crippen molar-refractivity contribution in [1.82, 2.24) is 15.1 Å². The zero-order chi connectivity index (χ0) is 21.0. The van der Waals surface area contributed by atoms with Gasteiger partial charge in [0.15, 0.2) is 11.8 Å². The number of hydrogen-bond donors (Lipinski definition) is 1. The van der Waals surface area contributed by atoms with Crippen LogP contribution in [-0.2, 0) is 16.6 Å². The van der Waals surface area contributed by atoms with Crippen LogP contribution in [0.1, 0.15) is 35.8 Å². The molecule has 1 heterocycles. The first-order valence-electron chi connectivity index (χ1n) is 9.38. The van der Waals surface area contributed by atoms with Crippen LogP contribution in [0.3, 0.4) is 0 Å². The number of fused-ring (bicyclic) bond motifs is 1. The highest BCUT2D eigenvalue weighted by Gasteiger charge is 2.23. The lowest BCUT2D eigenvalue weighted by Crippen LogP contribution is -2.38. The SMILES string of the molecule is C[C@H](CNC(=O)[C@@H](C)OC(=O)c1nn(C)c(=O)c2ccccc12)c1ccccc1. The first-order valence-corrected chi connectivity index (χ1v) is 9.38. The summed E-state index contributed by atoms with van der Waals surface area (Å²) in [6.45, 7) is 3.93. The summed E-state index contributed by atoms with van der Waals surface area (Å²) in [5.41, 5.74) is 0.802. The number of benzene rings is 2. The van der Waals surface area contributed by atoms with Crippen molar-refractivity contribution in [3.63, 3.8) is 0 Å². The Hall–Kier alpha value is -3.48. The molecule has 3 aromatic rings. The number of carbonyl (C=O) groups excluding carboxylic acids is 2. The average Bonchev–Trinajstić information content (AvgIpc) is 2.74. The maximum Gasteiger partial charge on any atom is 0.360 e. The van der Waals surface area contributed by atoms with Gasteiger partial charge in [-0.2, -0.15) is 5.10 Å². The van der Waals surface area contributed by atoms with E-state index in [1.165, 1.54) is 14.0 Å². The second-order valence-electron chi connectivity index (χ2n) is 6.93. The molecule has 1 N–H and O–H groups in total. The molecular formula is C22H23N3O4. The van der Waals surface area contributed by atoms with Gasteiger partial charge in [-0.05, 0) is 24.5 Å². The van der Waals surface area contributed by atoms with E-state index in [1.807, 2.05) is 37.3 Å². The molecule has 0 radical (unpaired) electrons. The minimum atomic E-state index is -0.997. The predicted molar refractivity (Wildman–Crippen MR) is 110 cm³/mol. The normalized spacial score (nSPS) is 12.9. The molecule has 0 saturated carbocycles. The number of rotatable bonds is 6. The zero-order valence-corrected chi connectivity index (χ0v) is 16.6. The number of hydrogen-bond acceptors (Lipinski definition) is 5. The van der Waals surface area contributed by atoms with Crippen molar-refractivity contribution in [1.29, 1.82) is 0 Å². The largest absolute Gasteiger partial charge is 0.448 e. The molecule has 29 heavy (non-hydrogen) atoms. The number of nitrogens with zero attached hydrogens (tertiary/aromatic N) is 2. The maximum atomic E-state index is 12.6. The lowest BCUT2D eigenvalue weighted by atomic mass is 10.0. The number of aromatic nitrogens is 2. The van der Waals surface area contributed by atoms with Crippen molar-refractivity contribution in [2.45, 2.75) is 25.9 Å². The number of esters is 1. The zero-order valence-electron chi connectivity index (χ0n) is 16.6. The highest BCUT2D eigenvalue weighted by atomic mass is 16.5. The quantitative estimate of drug-likeness (QED) is 0.650. The van der Waals surface area contributed by atoms with E-state index in [0.29, 0.717) is 17.3 Å². The van der Waals surface area contributed by atoms with Crippen LogP contribution in [-0.4, -0.2) is 34.3 Å². The molecule has 7 heteroatoms. The summed E-state index contributed by atoms with van der Waals surface area (Å²) in [7, 11) is 1.46. The van der Waals surface area contributed by atoms with Gasteiger partial charge < -0.3 is 10.1 Å². The summed E-state index contributed by atoms with van der Waals surface area (Å²) in [4.78, 5) is 37.2. The molecule has 2 atom stereocenters. The molecule has 0 fully saturated rings.